The second-order valence-electron chi connectivity index (χ2n) is 6.78. The topological polar surface area (TPSA) is 71.0 Å². The Bertz CT molecular complexity index is 1080. The van der Waals surface area contributed by atoms with Crippen molar-refractivity contribution < 1.29 is 4.79 Å². The van der Waals surface area contributed by atoms with Crippen LogP contribution in [0.15, 0.2) is 53.3 Å². The first kappa shape index (κ1) is 18.8. The highest BCUT2D eigenvalue weighted by Crippen LogP contribution is 2.27. The van der Waals surface area contributed by atoms with E-state index in [1.165, 1.54) is 4.68 Å². The van der Waals surface area contributed by atoms with Crippen molar-refractivity contribution in [3.05, 3.63) is 80.4 Å². The number of nitrogens with zero attached hydrogens (tertiary/aromatic N) is 3. The van der Waals surface area contributed by atoms with Gasteiger partial charge in [-0.3, -0.25) is 9.78 Å². The zero-order valence-electron chi connectivity index (χ0n) is 14.9. The summed E-state index contributed by atoms with van der Waals surface area (Å²) in [4.78, 5) is 29.8. The van der Waals surface area contributed by atoms with Gasteiger partial charge in [0.25, 0.3) is 5.91 Å². The van der Waals surface area contributed by atoms with Crippen LogP contribution in [-0.4, -0.2) is 38.7 Å². The molecule has 28 heavy (non-hydrogen) atoms. The molecule has 1 atom stereocenters. The summed E-state index contributed by atoms with van der Waals surface area (Å²) in [7, 11) is 0. The van der Waals surface area contributed by atoms with Crippen molar-refractivity contribution in [2.75, 3.05) is 13.1 Å². The van der Waals surface area contributed by atoms with Gasteiger partial charge in [0, 0.05) is 24.0 Å². The van der Waals surface area contributed by atoms with Gasteiger partial charge in [0.2, 0.25) is 0 Å². The first-order chi connectivity index (χ1) is 13.5. The van der Waals surface area contributed by atoms with E-state index in [9.17, 15) is 9.59 Å². The number of carbonyl (C=O) groups excluding carboxylic acids is 1. The predicted octanol–water partition coefficient (Wildman–Crippen LogP) is 3.89. The Balaban J connectivity index is 1.57. The van der Waals surface area contributed by atoms with Crippen LogP contribution in [0.3, 0.4) is 0 Å². The van der Waals surface area contributed by atoms with Crippen LogP contribution in [0.2, 0.25) is 10.0 Å². The lowest BCUT2D eigenvalue weighted by atomic mass is 9.96. The summed E-state index contributed by atoms with van der Waals surface area (Å²) in [6.45, 7) is 1.13. The van der Waals surface area contributed by atoms with E-state index in [-0.39, 0.29) is 17.5 Å². The van der Waals surface area contributed by atoms with Crippen LogP contribution >= 0.6 is 23.2 Å². The highest BCUT2D eigenvalue weighted by Gasteiger charge is 2.28. The molecule has 1 aliphatic rings. The molecule has 8 heteroatoms. The highest BCUT2D eigenvalue weighted by atomic mass is 35.5. The maximum atomic E-state index is 12.9. The van der Waals surface area contributed by atoms with Gasteiger partial charge in [-0.2, -0.15) is 4.68 Å². The standard InChI is InChI=1S/C20H18Cl2N4O2/c21-14-6-3-7-15(11-14)26-20(28)23-18(24-26)13-5-4-10-25(12-13)19(27)16-8-1-2-9-17(16)22/h1-3,6-9,11,13H,4-5,10,12H2,(H,23,24,28). The fourth-order valence-electron chi connectivity index (χ4n) is 3.50. The van der Waals surface area contributed by atoms with Gasteiger partial charge in [-0.25, -0.2) is 4.79 Å². The van der Waals surface area contributed by atoms with Crippen molar-refractivity contribution >= 4 is 29.1 Å². The zero-order chi connectivity index (χ0) is 19.7. The maximum absolute atomic E-state index is 12.9. The Morgan fingerprint density at radius 3 is 2.75 bits per heavy atom. The lowest BCUT2D eigenvalue weighted by molar-refractivity contribution is 0.0704. The number of likely N-dealkylation sites (tertiary alicyclic amines) is 1. The van der Waals surface area contributed by atoms with Crippen LogP contribution < -0.4 is 5.69 Å². The second-order valence-corrected chi connectivity index (χ2v) is 7.62. The van der Waals surface area contributed by atoms with Gasteiger partial charge >= 0.3 is 5.69 Å². The summed E-state index contributed by atoms with van der Waals surface area (Å²) in [6.07, 6.45) is 1.67. The van der Waals surface area contributed by atoms with Gasteiger partial charge in [-0.1, -0.05) is 41.4 Å². The Morgan fingerprint density at radius 2 is 1.96 bits per heavy atom. The number of aromatic nitrogens is 3. The smallest absolute Gasteiger partial charge is 0.338 e. The molecular weight excluding hydrogens is 399 g/mol. The first-order valence-electron chi connectivity index (χ1n) is 9.02. The number of H-pyrrole nitrogens is 1. The van der Waals surface area contributed by atoms with Crippen molar-refractivity contribution in [1.82, 2.24) is 19.7 Å². The molecule has 1 N–H and O–H groups in total. The lowest BCUT2D eigenvalue weighted by Crippen LogP contribution is -2.39. The normalized spacial score (nSPS) is 16.9. The summed E-state index contributed by atoms with van der Waals surface area (Å²) in [6, 6.07) is 14.0. The van der Waals surface area contributed by atoms with Gasteiger partial charge < -0.3 is 4.90 Å². The van der Waals surface area contributed by atoms with E-state index in [1.54, 1.807) is 53.4 Å². The minimum atomic E-state index is -0.327. The Hall–Kier alpha value is -2.57. The van der Waals surface area contributed by atoms with Gasteiger partial charge in [-0.15, -0.1) is 5.10 Å². The molecule has 2 aromatic carbocycles. The number of piperidine rings is 1. The van der Waals surface area contributed by atoms with E-state index < -0.39 is 0 Å². The summed E-state index contributed by atoms with van der Waals surface area (Å²) in [5, 5.41) is 5.42. The largest absolute Gasteiger partial charge is 0.348 e. The number of amides is 1. The molecule has 0 aliphatic carbocycles. The number of hydrogen-bond acceptors (Lipinski definition) is 3. The van der Waals surface area contributed by atoms with Crippen LogP contribution in [0.4, 0.5) is 0 Å². The Kier molecular flexibility index (Phi) is 5.24. The average molecular weight is 417 g/mol. The van der Waals surface area contributed by atoms with E-state index in [1.807, 2.05) is 0 Å². The summed E-state index contributed by atoms with van der Waals surface area (Å²) in [5.74, 6) is 0.418. The molecule has 144 valence electrons. The minimum absolute atomic E-state index is 0.0479. The fourth-order valence-corrected chi connectivity index (χ4v) is 3.90. The first-order valence-corrected chi connectivity index (χ1v) is 9.77. The number of carbonyl (C=O) groups is 1. The SMILES string of the molecule is O=C(c1ccccc1Cl)N1CCCC(c2nn(-c3cccc(Cl)c3)c(=O)[nH]2)C1. The number of hydrogen-bond donors (Lipinski definition) is 1. The molecule has 2 heterocycles. The minimum Gasteiger partial charge on any atom is -0.338 e. The lowest BCUT2D eigenvalue weighted by Gasteiger charge is -2.31. The Labute approximate surface area is 171 Å². The third kappa shape index (κ3) is 3.70. The molecule has 0 spiro atoms. The summed E-state index contributed by atoms with van der Waals surface area (Å²) in [5.41, 5.74) is 0.759. The number of rotatable bonds is 3. The molecule has 6 nitrogen and oxygen atoms in total. The number of halogens is 2. The quantitative estimate of drug-likeness (QED) is 0.703. The summed E-state index contributed by atoms with van der Waals surface area (Å²) < 4.78 is 1.30. The number of nitrogens with one attached hydrogen (secondary N) is 1. The van der Waals surface area contributed by atoms with Gasteiger partial charge in [0.1, 0.15) is 5.82 Å². The molecule has 0 radical (unpaired) electrons. The van der Waals surface area contributed by atoms with E-state index in [2.05, 4.69) is 10.1 Å². The molecule has 1 saturated heterocycles. The molecule has 1 aliphatic heterocycles. The van der Waals surface area contributed by atoms with E-state index >= 15 is 0 Å². The molecule has 0 bridgehead atoms. The molecule has 3 aromatic rings. The summed E-state index contributed by atoms with van der Waals surface area (Å²) >= 11 is 12.2. The van der Waals surface area contributed by atoms with E-state index in [4.69, 9.17) is 23.2 Å². The Morgan fingerprint density at radius 1 is 1.14 bits per heavy atom. The second kappa shape index (κ2) is 7.81. The zero-order valence-corrected chi connectivity index (χ0v) is 16.5. The maximum Gasteiger partial charge on any atom is 0.348 e. The molecule has 1 aromatic heterocycles. The van der Waals surface area contributed by atoms with Crippen molar-refractivity contribution in [1.29, 1.82) is 0 Å². The van der Waals surface area contributed by atoms with Crippen LogP contribution in [0.1, 0.15) is 34.9 Å². The van der Waals surface area contributed by atoms with Gasteiger partial charge in [0.05, 0.1) is 16.3 Å². The van der Waals surface area contributed by atoms with Crippen LogP contribution in [0.25, 0.3) is 5.69 Å². The number of aromatic amines is 1. The van der Waals surface area contributed by atoms with Gasteiger partial charge in [0.15, 0.2) is 0 Å². The van der Waals surface area contributed by atoms with Crippen molar-refractivity contribution in [3.8, 4) is 5.69 Å². The van der Waals surface area contributed by atoms with Crippen molar-refractivity contribution in [3.63, 3.8) is 0 Å². The van der Waals surface area contributed by atoms with Crippen molar-refractivity contribution in [2.24, 2.45) is 0 Å². The van der Waals surface area contributed by atoms with E-state index in [0.717, 1.165) is 12.8 Å². The third-order valence-electron chi connectivity index (χ3n) is 4.89. The third-order valence-corrected chi connectivity index (χ3v) is 5.45. The van der Waals surface area contributed by atoms with Crippen LogP contribution in [-0.2, 0) is 0 Å². The van der Waals surface area contributed by atoms with E-state index in [0.29, 0.717) is 40.2 Å². The van der Waals surface area contributed by atoms with Crippen LogP contribution in [0.5, 0.6) is 0 Å². The molecule has 1 fully saturated rings. The highest BCUT2D eigenvalue weighted by molar-refractivity contribution is 6.33. The van der Waals surface area contributed by atoms with Crippen LogP contribution in [0, 0.1) is 0 Å². The molecule has 4 rings (SSSR count). The van der Waals surface area contributed by atoms with Crippen molar-refractivity contribution in [2.45, 2.75) is 18.8 Å². The fraction of sp³-hybridized carbons (Fsp3) is 0.250. The molecule has 0 saturated carbocycles. The molecule has 1 unspecified atom stereocenters. The predicted molar refractivity (Wildman–Crippen MR) is 109 cm³/mol. The molecule has 1 amide bonds. The molecular formula is C20H18Cl2N4O2. The average Bonchev–Trinajstić information content (AvgIpc) is 3.10. The van der Waals surface area contributed by atoms with Gasteiger partial charge in [-0.05, 0) is 43.2 Å². The number of benzene rings is 2. The monoisotopic (exact) mass is 416 g/mol.